The fraction of sp³-hybridized carbons (Fsp3) is 0.364. The van der Waals surface area contributed by atoms with E-state index in [0.29, 0.717) is 29.2 Å². The zero-order chi connectivity index (χ0) is 18.8. The van der Waals surface area contributed by atoms with Gasteiger partial charge in [-0.05, 0) is 54.9 Å². The Morgan fingerprint density at radius 1 is 0.926 bits per heavy atom. The number of nitrogens with one attached hydrogen (secondary N) is 1. The van der Waals surface area contributed by atoms with Gasteiger partial charge in [-0.25, -0.2) is 4.79 Å². The summed E-state index contributed by atoms with van der Waals surface area (Å²) in [5.41, 5.74) is 1.88. The van der Waals surface area contributed by atoms with Crippen LogP contribution in [0.5, 0.6) is 0 Å². The van der Waals surface area contributed by atoms with Gasteiger partial charge in [0.05, 0.1) is 11.7 Å². The molecule has 2 unspecified atom stereocenters. The summed E-state index contributed by atoms with van der Waals surface area (Å²) in [5, 5.41) is 12.6. The van der Waals surface area contributed by atoms with E-state index in [1.54, 1.807) is 42.5 Å². The molecule has 0 spiro atoms. The van der Waals surface area contributed by atoms with Crippen molar-refractivity contribution in [3.8, 4) is 11.1 Å². The summed E-state index contributed by atoms with van der Waals surface area (Å²) in [7, 11) is 0. The second-order valence-electron chi connectivity index (χ2n) is 7.34. The molecule has 1 saturated carbocycles. The second-order valence-corrected chi connectivity index (χ2v) is 7.34. The summed E-state index contributed by atoms with van der Waals surface area (Å²) in [6, 6.07) is 14.1. The fourth-order valence-corrected chi connectivity index (χ4v) is 3.84. The van der Waals surface area contributed by atoms with Crippen molar-refractivity contribution in [2.24, 2.45) is 5.92 Å². The maximum atomic E-state index is 13.0. The lowest BCUT2D eigenvalue weighted by molar-refractivity contribution is -0.0102. The predicted molar refractivity (Wildman–Crippen MR) is 102 cm³/mol. The molecule has 140 valence electrons. The first-order valence-corrected chi connectivity index (χ1v) is 9.47. The van der Waals surface area contributed by atoms with Crippen LogP contribution in [0.4, 0.5) is 0 Å². The van der Waals surface area contributed by atoms with Crippen LogP contribution in [0.25, 0.3) is 11.1 Å². The van der Waals surface area contributed by atoms with Gasteiger partial charge in [-0.15, -0.1) is 0 Å². The molecule has 2 aromatic rings. The first kappa shape index (κ1) is 17.7. The Labute approximate surface area is 158 Å². The second kappa shape index (κ2) is 7.53. The van der Waals surface area contributed by atoms with E-state index >= 15 is 0 Å². The smallest absolute Gasteiger partial charge is 0.336 e. The molecule has 2 aliphatic rings. The molecule has 1 aliphatic carbocycles. The van der Waals surface area contributed by atoms with Gasteiger partial charge >= 0.3 is 5.97 Å². The van der Waals surface area contributed by atoms with E-state index in [4.69, 9.17) is 4.74 Å². The summed E-state index contributed by atoms with van der Waals surface area (Å²) in [4.78, 5) is 24.6. The number of ether oxygens (including phenoxy) is 1. The van der Waals surface area contributed by atoms with E-state index < -0.39 is 5.97 Å². The van der Waals surface area contributed by atoms with Crippen molar-refractivity contribution in [2.45, 2.75) is 37.8 Å². The maximum Gasteiger partial charge on any atom is 0.336 e. The highest BCUT2D eigenvalue weighted by atomic mass is 16.5. The molecule has 1 saturated heterocycles. The number of carbonyl (C=O) groups is 2. The minimum atomic E-state index is -1.00. The molecule has 4 rings (SSSR count). The van der Waals surface area contributed by atoms with Gasteiger partial charge in [-0.1, -0.05) is 36.4 Å². The van der Waals surface area contributed by atoms with Crippen LogP contribution < -0.4 is 5.32 Å². The number of hydrogen-bond donors (Lipinski definition) is 2. The first-order chi connectivity index (χ1) is 13.1. The minimum absolute atomic E-state index is 0.0969. The van der Waals surface area contributed by atoms with Crippen molar-refractivity contribution in [2.75, 3.05) is 6.61 Å². The molecule has 1 aliphatic heterocycles. The zero-order valence-electron chi connectivity index (χ0n) is 15.1. The summed E-state index contributed by atoms with van der Waals surface area (Å²) < 4.78 is 5.84. The Bertz CT molecular complexity index is 859. The number of rotatable bonds is 5. The van der Waals surface area contributed by atoms with Crippen LogP contribution in [0.15, 0.2) is 48.5 Å². The number of hydrogen-bond acceptors (Lipinski definition) is 3. The van der Waals surface area contributed by atoms with Gasteiger partial charge in [0.25, 0.3) is 5.91 Å². The third kappa shape index (κ3) is 3.88. The Hall–Kier alpha value is -2.66. The largest absolute Gasteiger partial charge is 0.478 e. The Morgan fingerprint density at radius 3 is 2.22 bits per heavy atom. The Morgan fingerprint density at radius 2 is 1.56 bits per heavy atom. The highest BCUT2D eigenvalue weighted by Gasteiger charge is 2.36. The maximum absolute atomic E-state index is 13.0. The van der Waals surface area contributed by atoms with Crippen LogP contribution in [0.3, 0.4) is 0 Å². The zero-order valence-corrected chi connectivity index (χ0v) is 15.1. The van der Waals surface area contributed by atoms with Crippen LogP contribution in [-0.2, 0) is 4.74 Å². The molecule has 1 heterocycles. The van der Waals surface area contributed by atoms with E-state index in [1.165, 1.54) is 12.8 Å². The number of carboxylic acids is 1. The van der Waals surface area contributed by atoms with Gasteiger partial charge in [0.2, 0.25) is 0 Å². The average molecular weight is 365 g/mol. The molecule has 0 aromatic heterocycles. The summed E-state index contributed by atoms with van der Waals surface area (Å²) in [6.45, 7) is 0.676. The van der Waals surface area contributed by atoms with E-state index in [1.807, 2.05) is 6.07 Å². The van der Waals surface area contributed by atoms with Crippen LogP contribution in [-0.4, -0.2) is 35.7 Å². The van der Waals surface area contributed by atoms with Crippen molar-refractivity contribution < 1.29 is 19.4 Å². The third-order valence-corrected chi connectivity index (χ3v) is 5.42. The molecule has 0 bridgehead atoms. The average Bonchev–Trinajstić information content (AvgIpc) is 3.53. The van der Waals surface area contributed by atoms with Gasteiger partial charge in [0, 0.05) is 18.2 Å². The number of aromatic carboxylic acids is 1. The number of carboxylic acid groups (broad SMARTS) is 1. The Kier molecular flexibility index (Phi) is 4.94. The van der Waals surface area contributed by atoms with Crippen molar-refractivity contribution in [1.29, 1.82) is 0 Å². The lowest BCUT2D eigenvalue weighted by Crippen LogP contribution is -2.42. The normalized spacial score (nSPS) is 22.2. The highest BCUT2D eigenvalue weighted by molar-refractivity contribution is 6.04. The molecule has 27 heavy (non-hydrogen) atoms. The van der Waals surface area contributed by atoms with Crippen LogP contribution in [0.1, 0.15) is 46.4 Å². The molecule has 2 atom stereocenters. The lowest BCUT2D eigenvalue weighted by atomic mass is 9.94. The molecular formula is C22H23NO4. The number of amides is 1. The predicted octanol–water partition coefficient (Wildman–Crippen LogP) is 3.74. The monoisotopic (exact) mass is 365 g/mol. The quantitative estimate of drug-likeness (QED) is 0.846. The first-order valence-electron chi connectivity index (χ1n) is 9.47. The summed E-state index contributed by atoms with van der Waals surface area (Å²) in [5.74, 6) is -0.510. The van der Waals surface area contributed by atoms with Crippen LogP contribution in [0, 0.1) is 5.92 Å². The van der Waals surface area contributed by atoms with E-state index in [2.05, 4.69) is 5.32 Å². The molecule has 2 N–H and O–H groups in total. The SMILES string of the molecule is O=C(O)c1ccccc1-c1ccccc1C(=O)NC1CCOC(C2CC2)C1. The standard InChI is InChI=1S/C22H23NO4/c24-21(23-15-11-12-27-20(13-15)14-9-10-14)18-7-3-1-5-16(18)17-6-2-4-8-19(17)22(25)26/h1-8,14-15,20H,9-13H2,(H,23,24)(H,25,26). The van der Waals surface area contributed by atoms with Gasteiger partial charge in [0.15, 0.2) is 0 Å². The van der Waals surface area contributed by atoms with Gasteiger partial charge in [0.1, 0.15) is 0 Å². The molecule has 2 fully saturated rings. The van der Waals surface area contributed by atoms with Gasteiger partial charge in [-0.3, -0.25) is 4.79 Å². The molecule has 0 radical (unpaired) electrons. The van der Waals surface area contributed by atoms with Crippen LogP contribution in [0.2, 0.25) is 0 Å². The van der Waals surface area contributed by atoms with Gasteiger partial charge < -0.3 is 15.2 Å². The Balaban J connectivity index is 1.57. The third-order valence-electron chi connectivity index (χ3n) is 5.42. The highest BCUT2D eigenvalue weighted by Crippen LogP contribution is 2.38. The van der Waals surface area contributed by atoms with E-state index in [0.717, 1.165) is 12.8 Å². The van der Waals surface area contributed by atoms with E-state index in [-0.39, 0.29) is 23.6 Å². The topological polar surface area (TPSA) is 75.6 Å². The van der Waals surface area contributed by atoms with Gasteiger partial charge in [-0.2, -0.15) is 0 Å². The van der Waals surface area contributed by atoms with Crippen molar-refractivity contribution in [3.05, 3.63) is 59.7 Å². The molecule has 5 nitrogen and oxygen atoms in total. The molecular weight excluding hydrogens is 342 g/mol. The fourth-order valence-electron chi connectivity index (χ4n) is 3.84. The number of carbonyl (C=O) groups excluding carboxylic acids is 1. The number of benzene rings is 2. The van der Waals surface area contributed by atoms with Crippen LogP contribution >= 0.6 is 0 Å². The summed E-state index contributed by atoms with van der Waals surface area (Å²) in [6.07, 6.45) is 4.36. The van der Waals surface area contributed by atoms with Crippen molar-refractivity contribution in [3.63, 3.8) is 0 Å². The molecule has 2 aromatic carbocycles. The molecule has 1 amide bonds. The van der Waals surface area contributed by atoms with Crippen molar-refractivity contribution >= 4 is 11.9 Å². The summed E-state index contributed by atoms with van der Waals surface area (Å²) >= 11 is 0. The minimum Gasteiger partial charge on any atom is -0.478 e. The lowest BCUT2D eigenvalue weighted by Gasteiger charge is -2.30. The van der Waals surface area contributed by atoms with E-state index in [9.17, 15) is 14.7 Å². The molecule has 5 heteroatoms. The van der Waals surface area contributed by atoms with Crippen molar-refractivity contribution in [1.82, 2.24) is 5.32 Å².